The second kappa shape index (κ2) is 7.87. The number of quaternary nitrogens is 1. The molecule has 0 aromatic heterocycles. The molecule has 1 heterocycles. The number of nitrogens with one attached hydrogen (secondary N) is 2. The Morgan fingerprint density at radius 2 is 1.91 bits per heavy atom. The number of Topliss-reactive ketones (excluding diaryl/α,β-unsaturated/α-hetero) is 1. The lowest BCUT2D eigenvalue weighted by molar-refractivity contribution is -0.922. The number of hydrogen-bond donors (Lipinski definition) is 2. The first-order valence-corrected chi connectivity index (χ1v) is 7.93. The van der Waals surface area contributed by atoms with Gasteiger partial charge in [0.1, 0.15) is 6.04 Å². The highest BCUT2D eigenvalue weighted by Crippen LogP contribution is 2.11. The van der Waals surface area contributed by atoms with Crippen LogP contribution in [-0.4, -0.2) is 36.8 Å². The number of carbonyl (C=O) groups is 3. The lowest BCUT2D eigenvalue weighted by atomic mass is 10.1. The fourth-order valence-corrected chi connectivity index (χ4v) is 2.96. The molecule has 2 N–H and O–H groups in total. The summed E-state index contributed by atoms with van der Waals surface area (Å²) in [6.45, 7) is 2.96. The molecule has 6 heteroatoms. The molecule has 1 aliphatic heterocycles. The van der Waals surface area contributed by atoms with Crippen molar-refractivity contribution in [2.45, 2.75) is 38.6 Å². The van der Waals surface area contributed by atoms with Crippen LogP contribution in [0.5, 0.6) is 0 Å². The van der Waals surface area contributed by atoms with Gasteiger partial charge in [-0.05, 0) is 38.3 Å². The van der Waals surface area contributed by atoms with Crippen LogP contribution >= 0.6 is 0 Å². The van der Waals surface area contributed by atoms with E-state index in [1.165, 1.54) is 6.92 Å². The maximum absolute atomic E-state index is 12.2. The number of carbonyl (C=O) groups excluding carboxylic acids is 3. The molecule has 0 spiro atoms. The molecule has 1 fully saturated rings. The molecule has 1 saturated heterocycles. The first kappa shape index (κ1) is 17.1. The number of amides is 1. The molecule has 1 aromatic carbocycles. The number of piperidine rings is 1. The topological polar surface area (TPSA) is 90.7 Å². The van der Waals surface area contributed by atoms with Crippen LogP contribution in [0.15, 0.2) is 24.3 Å². The van der Waals surface area contributed by atoms with Gasteiger partial charge in [-0.2, -0.15) is 0 Å². The number of carboxylic acid groups (broad SMARTS) is 1. The summed E-state index contributed by atoms with van der Waals surface area (Å²) in [6.07, 6.45) is 2.93. The van der Waals surface area contributed by atoms with Crippen molar-refractivity contribution in [1.29, 1.82) is 0 Å². The van der Waals surface area contributed by atoms with Crippen molar-refractivity contribution in [1.82, 2.24) is 0 Å². The molecule has 1 atom stereocenters. The summed E-state index contributed by atoms with van der Waals surface area (Å²) in [5.41, 5.74) is 0.995. The third kappa shape index (κ3) is 4.89. The quantitative estimate of drug-likeness (QED) is 0.686. The zero-order chi connectivity index (χ0) is 16.8. The molecule has 0 unspecified atom stereocenters. The van der Waals surface area contributed by atoms with Crippen LogP contribution in [0, 0.1) is 0 Å². The Morgan fingerprint density at radius 1 is 1.22 bits per heavy atom. The Morgan fingerprint density at radius 3 is 2.52 bits per heavy atom. The van der Waals surface area contributed by atoms with Crippen LogP contribution in [0.2, 0.25) is 0 Å². The minimum absolute atomic E-state index is 0.0912. The van der Waals surface area contributed by atoms with E-state index in [1.807, 2.05) is 0 Å². The second-order valence-electron chi connectivity index (χ2n) is 5.98. The van der Waals surface area contributed by atoms with E-state index < -0.39 is 12.0 Å². The molecule has 0 radical (unpaired) electrons. The van der Waals surface area contributed by atoms with Gasteiger partial charge in [0.15, 0.2) is 5.78 Å². The number of anilines is 1. The maximum atomic E-state index is 12.2. The predicted molar refractivity (Wildman–Crippen MR) is 83.0 cm³/mol. The van der Waals surface area contributed by atoms with Crippen molar-refractivity contribution >= 4 is 23.3 Å². The van der Waals surface area contributed by atoms with Gasteiger partial charge in [0.25, 0.3) is 0 Å². The molecule has 1 aliphatic rings. The van der Waals surface area contributed by atoms with E-state index in [0.717, 1.165) is 37.3 Å². The zero-order valence-corrected chi connectivity index (χ0v) is 13.3. The van der Waals surface area contributed by atoms with Gasteiger partial charge in [0.05, 0.1) is 25.5 Å². The fraction of sp³-hybridized carbons (Fsp3) is 0.471. The third-order valence-corrected chi connectivity index (χ3v) is 4.22. The van der Waals surface area contributed by atoms with Crippen molar-refractivity contribution in [3.8, 4) is 0 Å². The van der Waals surface area contributed by atoms with E-state index in [0.29, 0.717) is 11.3 Å². The molecule has 0 aliphatic carbocycles. The number of rotatable bonds is 6. The number of aliphatic carboxylic acids is 1. The van der Waals surface area contributed by atoms with Crippen LogP contribution in [-0.2, 0) is 9.59 Å². The molecular weight excluding hydrogens is 296 g/mol. The smallest absolute Gasteiger partial charge is 0.230 e. The van der Waals surface area contributed by atoms with E-state index in [2.05, 4.69) is 5.32 Å². The van der Waals surface area contributed by atoms with Crippen LogP contribution in [0.4, 0.5) is 5.69 Å². The molecular formula is C17H22N2O4. The number of carboxylic acids is 1. The highest BCUT2D eigenvalue weighted by atomic mass is 16.4. The summed E-state index contributed by atoms with van der Waals surface area (Å²) in [5, 5.41) is 14.0. The molecule has 1 amide bonds. The molecule has 0 saturated carbocycles. The standard InChI is InChI=1S/C17H22N2O4/c1-12(20)13-6-5-7-14(10-13)18-16(21)11-15(17(22)23)19-8-3-2-4-9-19/h5-7,10,15H,2-4,8-9,11H2,1H3,(H,18,21)(H,22,23)/t15-/m1/s1. The highest BCUT2D eigenvalue weighted by molar-refractivity contribution is 5.97. The van der Waals surface area contributed by atoms with E-state index >= 15 is 0 Å². The van der Waals surface area contributed by atoms with Gasteiger partial charge in [0, 0.05) is 11.3 Å². The number of likely N-dealkylation sites (tertiary alicyclic amines) is 1. The molecule has 2 rings (SSSR count). The van der Waals surface area contributed by atoms with E-state index in [4.69, 9.17) is 0 Å². The summed E-state index contributed by atoms with van der Waals surface area (Å²) in [5.74, 6) is -1.65. The average Bonchev–Trinajstić information content (AvgIpc) is 2.53. The molecule has 1 aromatic rings. The first-order chi connectivity index (χ1) is 11.0. The van der Waals surface area contributed by atoms with Gasteiger partial charge in [-0.25, -0.2) is 0 Å². The average molecular weight is 318 g/mol. The monoisotopic (exact) mass is 318 g/mol. The third-order valence-electron chi connectivity index (χ3n) is 4.22. The van der Waals surface area contributed by atoms with Crippen LogP contribution in [0.25, 0.3) is 0 Å². The van der Waals surface area contributed by atoms with Gasteiger partial charge >= 0.3 is 0 Å². The SMILES string of the molecule is CC(=O)c1cccc(NC(=O)C[C@H](C(=O)[O-])[NH+]2CCCCC2)c1. The lowest BCUT2D eigenvalue weighted by Crippen LogP contribution is -3.18. The van der Waals surface area contributed by atoms with Crippen molar-refractivity contribution in [3.05, 3.63) is 29.8 Å². The van der Waals surface area contributed by atoms with Gasteiger partial charge < -0.3 is 20.1 Å². The van der Waals surface area contributed by atoms with E-state index in [-0.39, 0.29) is 18.1 Å². The molecule has 124 valence electrons. The van der Waals surface area contributed by atoms with Crippen molar-refractivity contribution in [2.75, 3.05) is 18.4 Å². The largest absolute Gasteiger partial charge is 0.544 e. The zero-order valence-electron chi connectivity index (χ0n) is 13.3. The van der Waals surface area contributed by atoms with Crippen molar-refractivity contribution < 1.29 is 24.4 Å². The Kier molecular flexibility index (Phi) is 5.87. The summed E-state index contributed by atoms with van der Waals surface area (Å²) >= 11 is 0. The summed E-state index contributed by atoms with van der Waals surface area (Å²) in [6, 6.07) is 5.78. The van der Waals surface area contributed by atoms with E-state index in [1.54, 1.807) is 24.3 Å². The Bertz CT molecular complexity index is 594. The Balaban J connectivity index is 2.00. The summed E-state index contributed by atoms with van der Waals surface area (Å²) < 4.78 is 0. The maximum Gasteiger partial charge on any atom is 0.230 e. The van der Waals surface area contributed by atoms with E-state index in [9.17, 15) is 19.5 Å². The number of hydrogen-bond acceptors (Lipinski definition) is 4. The van der Waals surface area contributed by atoms with Crippen LogP contribution < -0.4 is 15.3 Å². The summed E-state index contributed by atoms with van der Waals surface area (Å²) in [4.78, 5) is 35.8. The Labute approximate surface area is 135 Å². The second-order valence-corrected chi connectivity index (χ2v) is 5.98. The highest BCUT2D eigenvalue weighted by Gasteiger charge is 2.27. The minimum Gasteiger partial charge on any atom is -0.544 e. The lowest BCUT2D eigenvalue weighted by Gasteiger charge is -2.31. The molecule has 0 bridgehead atoms. The van der Waals surface area contributed by atoms with Crippen LogP contribution in [0.1, 0.15) is 43.0 Å². The first-order valence-electron chi connectivity index (χ1n) is 7.93. The summed E-state index contributed by atoms with van der Waals surface area (Å²) in [7, 11) is 0. The van der Waals surface area contributed by atoms with Crippen molar-refractivity contribution in [2.24, 2.45) is 0 Å². The minimum atomic E-state index is -1.19. The number of benzene rings is 1. The van der Waals surface area contributed by atoms with Gasteiger partial charge in [-0.1, -0.05) is 12.1 Å². The van der Waals surface area contributed by atoms with Gasteiger partial charge in [-0.3, -0.25) is 9.59 Å². The Hall–Kier alpha value is -2.21. The fourth-order valence-electron chi connectivity index (χ4n) is 2.96. The van der Waals surface area contributed by atoms with Crippen LogP contribution in [0.3, 0.4) is 0 Å². The normalized spacial score (nSPS) is 16.6. The predicted octanol–water partition coefficient (Wildman–Crippen LogP) is -0.595. The van der Waals surface area contributed by atoms with Gasteiger partial charge in [-0.15, -0.1) is 0 Å². The molecule has 23 heavy (non-hydrogen) atoms. The van der Waals surface area contributed by atoms with Crippen molar-refractivity contribution in [3.63, 3.8) is 0 Å². The van der Waals surface area contributed by atoms with Gasteiger partial charge in [0.2, 0.25) is 5.91 Å². The molecule has 6 nitrogen and oxygen atoms in total. The number of ketones is 1.